The van der Waals surface area contributed by atoms with Gasteiger partial charge in [-0.1, -0.05) is 18.2 Å². The van der Waals surface area contributed by atoms with Crippen molar-refractivity contribution in [1.82, 2.24) is 44.3 Å². The Morgan fingerprint density at radius 2 is 2.00 bits per heavy atom. The van der Waals surface area contributed by atoms with E-state index in [1.54, 1.807) is 17.1 Å². The van der Waals surface area contributed by atoms with Gasteiger partial charge in [-0.15, -0.1) is 5.10 Å². The smallest absolute Gasteiger partial charge is 0.167 e. The van der Waals surface area contributed by atoms with Gasteiger partial charge in [0, 0.05) is 30.5 Å². The second-order valence-electron chi connectivity index (χ2n) is 9.15. The molecule has 5 aromatic heterocycles. The summed E-state index contributed by atoms with van der Waals surface area (Å²) in [5, 5.41) is 13.0. The number of anilines is 1. The molecule has 0 spiro atoms. The first-order valence-electron chi connectivity index (χ1n) is 12.3. The first-order chi connectivity index (χ1) is 18.2. The zero-order valence-corrected chi connectivity index (χ0v) is 20.2. The van der Waals surface area contributed by atoms with Crippen LogP contribution in [0, 0.1) is 0 Å². The van der Waals surface area contributed by atoms with Crippen molar-refractivity contribution in [3.8, 4) is 22.9 Å². The Morgan fingerprint density at radius 1 is 1.05 bits per heavy atom. The first kappa shape index (κ1) is 21.4. The molecule has 0 radical (unpaired) electrons. The maximum Gasteiger partial charge on any atom is 0.167 e. The number of hydrogen-bond donors (Lipinski definition) is 1. The Morgan fingerprint density at radius 3 is 2.81 bits per heavy atom. The molecule has 0 saturated carbocycles. The molecule has 0 fully saturated rings. The van der Waals surface area contributed by atoms with Gasteiger partial charge in [-0.25, -0.2) is 24.3 Å². The summed E-state index contributed by atoms with van der Waals surface area (Å²) >= 11 is 0. The normalized spacial score (nSPS) is 14.9. The van der Waals surface area contributed by atoms with Crippen LogP contribution < -0.4 is 5.73 Å². The zero-order chi connectivity index (χ0) is 24.9. The quantitative estimate of drug-likeness (QED) is 0.390. The van der Waals surface area contributed by atoms with Crippen LogP contribution in [0.25, 0.3) is 34.1 Å². The van der Waals surface area contributed by atoms with Crippen LogP contribution in [0.15, 0.2) is 73.3 Å². The molecule has 0 bridgehead atoms. The predicted molar refractivity (Wildman–Crippen MR) is 139 cm³/mol. The minimum Gasteiger partial charge on any atom is -0.383 e. The number of hydrogen-bond acceptors (Lipinski definition) is 7. The van der Waals surface area contributed by atoms with Crippen LogP contribution in [0.4, 0.5) is 5.82 Å². The number of aromatic nitrogens is 9. The number of nitrogens with two attached hydrogens (primary N) is 1. The third-order valence-corrected chi connectivity index (χ3v) is 6.98. The SMILES string of the molecule is CCc1cn([C@H]2CCc3cc(-n4c(-c5cccnc5N)nc5ccc(-n6cccn6)nc54)ccc32)nn1. The van der Waals surface area contributed by atoms with E-state index in [-0.39, 0.29) is 6.04 Å². The van der Waals surface area contributed by atoms with Gasteiger partial charge in [-0.3, -0.25) is 4.57 Å². The Labute approximate surface area is 212 Å². The highest BCUT2D eigenvalue weighted by atomic mass is 15.4. The largest absolute Gasteiger partial charge is 0.383 e. The summed E-state index contributed by atoms with van der Waals surface area (Å²) < 4.78 is 5.80. The van der Waals surface area contributed by atoms with Crippen LogP contribution in [0.3, 0.4) is 0 Å². The average Bonchev–Trinajstić information content (AvgIpc) is 3.73. The van der Waals surface area contributed by atoms with Gasteiger partial charge in [0.05, 0.1) is 17.3 Å². The number of rotatable bonds is 5. The molecule has 1 aliphatic carbocycles. The first-order valence-corrected chi connectivity index (χ1v) is 12.3. The minimum absolute atomic E-state index is 0.189. The van der Waals surface area contributed by atoms with E-state index in [0.717, 1.165) is 47.4 Å². The van der Waals surface area contributed by atoms with Gasteiger partial charge >= 0.3 is 0 Å². The number of nitrogens with zero attached hydrogens (tertiary/aromatic N) is 9. The molecule has 6 aromatic rings. The second kappa shape index (κ2) is 8.37. The molecule has 10 nitrogen and oxygen atoms in total. The number of fused-ring (bicyclic) bond motifs is 2. The molecule has 1 atom stereocenters. The number of imidazole rings is 1. The monoisotopic (exact) mass is 488 g/mol. The van der Waals surface area contributed by atoms with E-state index < -0.39 is 0 Å². The standard InChI is InChI=1S/C27H24N10/c1-2-18-16-36(34-33-18)23-10-6-17-15-19(7-8-20(17)23)37-26(21-5-3-12-29-25(21)28)31-22-9-11-24(32-27(22)37)35-14-4-13-30-35/h3-5,7-9,11-16,23H,2,6,10H2,1H3,(H2,28,29)/t23-/m0/s1. The van der Waals surface area contributed by atoms with Crippen LogP contribution >= 0.6 is 0 Å². The summed E-state index contributed by atoms with van der Waals surface area (Å²) in [6.07, 6.45) is 10.2. The van der Waals surface area contributed by atoms with Crippen molar-refractivity contribution >= 4 is 17.0 Å². The van der Waals surface area contributed by atoms with E-state index in [1.165, 1.54) is 11.1 Å². The average molecular weight is 489 g/mol. The summed E-state index contributed by atoms with van der Waals surface area (Å²) in [6.45, 7) is 2.09. The van der Waals surface area contributed by atoms with Crippen molar-refractivity contribution < 1.29 is 0 Å². The topological polar surface area (TPSA) is 118 Å². The van der Waals surface area contributed by atoms with E-state index in [9.17, 15) is 0 Å². The van der Waals surface area contributed by atoms with E-state index >= 15 is 0 Å². The molecule has 0 saturated heterocycles. The van der Waals surface area contributed by atoms with Crippen molar-refractivity contribution in [2.45, 2.75) is 32.2 Å². The molecule has 0 aliphatic heterocycles. The maximum absolute atomic E-state index is 6.30. The van der Waals surface area contributed by atoms with Gasteiger partial charge in [0.2, 0.25) is 0 Å². The van der Waals surface area contributed by atoms with E-state index in [4.69, 9.17) is 15.7 Å². The molecular weight excluding hydrogens is 464 g/mol. The molecule has 182 valence electrons. The zero-order valence-electron chi connectivity index (χ0n) is 20.2. The van der Waals surface area contributed by atoms with Crippen LogP contribution in [-0.2, 0) is 12.8 Å². The molecule has 0 unspecified atom stereocenters. The number of benzene rings is 1. The molecular formula is C27H24N10. The van der Waals surface area contributed by atoms with Crippen molar-refractivity contribution in [2.24, 2.45) is 0 Å². The Kier molecular flexibility index (Phi) is 4.85. The number of nitrogen functional groups attached to an aromatic ring is 1. The summed E-state index contributed by atoms with van der Waals surface area (Å²) in [5.74, 6) is 1.83. The van der Waals surface area contributed by atoms with E-state index in [2.05, 4.69) is 56.3 Å². The highest BCUT2D eigenvalue weighted by Crippen LogP contribution is 2.37. The van der Waals surface area contributed by atoms with Gasteiger partial charge in [-0.2, -0.15) is 5.10 Å². The van der Waals surface area contributed by atoms with Gasteiger partial charge in [-0.05, 0) is 72.9 Å². The van der Waals surface area contributed by atoms with E-state index in [0.29, 0.717) is 17.5 Å². The van der Waals surface area contributed by atoms with Crippen LogP contribution in [0.1, 0.15) is 36.2 Å². The van der Waals surface area contributed by atoms with Gasteiger partial charge < -0.3 is 5.73 Å². The highest BCUT2D eigenvalue weighted by molar-refractivity contribution is 5.83. The third-order valence-electron chi connectivity index (χ3n) is 6.98. The fourth-order valence-corrected chi connectivity index (χ4v) is 5.13. The Bertz CT molecular complexity index is 1740. The van der Waals surface area contributed by atoms with Crippen molar-refractivity contribution in [1.29, 1.82) is 0 Å². The maximum atomic E-state index is 6.30. The fraction of sp³-hybridized carbons (Fsp3) is 0.185. The van der Waals surface area contributed by atoms with Gasteiger partial charge in [0.15, 0.2) is 17.3 Å². The molecule has 7 rings (SSSR count). The van der Waals surface area contributed by atoms with Crippen LogP contribution in [0.5, 0.6) is 0 Å². The molecule has 10 heteroatoms. The van der Waals surface area contributed by atoms with Crippen molar-refractivity contribution in [3.05, 3.63) is 90.1 Å². The molecule has 37 heavy (non-hydrogen) atoms. The molecule has 1 aliphatic rings. The lowest BCUT2D eigenvalue weighted by Crippen LogP contribution is -2.08. The summed E-state index contributed by atoms with van der Waals surface area (Å²) in [5.41, 5.74) is 13.1. The summed E-state index contributed by atoms with van der Waals surface area (Å²) in [7, 11) is 0. The van der Waals surface area contributed by atoms with Crippen LogP contribution in [-0.4, -0.2) is 44.3 Å². The third kappa shape index (κ3) is 3.48. The summed E-state index contributed by atoms with van der Waals surface area (Å²) in [4.78, 5) is 14.2. The molecule has 1 aromatic carbocycles. The number of aryl methyl sites for hydroxylation is 2. The second-order valence-corrected chi connectivity index (χ2v) is 9.15. The minimum atomic E-state index is 0.189. The van der Waals surface area contributed by atoms with Gasteiger partial charge in [0.1, 0.15) is 11.3 Å². The number of pyridine rings is 2. The lowest BCUT2D eigenvalue weighted by atomic mass is 10.1. The lowest BCUT2D eigenvalue weighted by Gasteiger charge is -2.14. The summed E-state index contributed by atoms with van der Waals surface area (Å²) in [6, 6.07) is 16.3. The lowest BCUT2D eigenvalue weighted by molar-refractivity contribution is 0.504. The Balaban J connectivity index is 1.40. The molecule has 0 amide bonds. The fourth-order valence-electron chi connectivity index (χ4n) is 5.13. The van der Waals surface area contributed by atoms with Crippen molar-refractivity contribution in [2.75, 3.05) is 5.73 Å². The predicted octanol–water partition coefficient (Wildman–Crippen LogP) is 3.94. The van der Waals surface area contributed by atoms with Crippen LogP contribution in [0.2, 0.25) is 0 Å². The molecule has 2 N–H and O–H groups in total. The van der Waals surface area contributed by atoms with Crippen molar-refractivity contribution in [3.63, 3.8) is 0 Å². The van der Waals surface area contributed by atoms with Gasteiger partial charge in [0.25, 0.3) is 0 Å². The Hall–Kier alpha value is -4.86. The molecule has 5 heterocycles. The highest BCUT2D eigenvalue weighted by Gasteiger charge is 2.27. The van der Waals surface area contributed by atoms with E-state index in [1.807, 2.05) is 41.2 Å².